The smallest absolute Gasteiger partial charge is 0.345 e. The number of rotatable bonds is 4. The van der Waals surface area contributed by atoms with E-state index in [-0.39, 0.29) is 0 Å². The molecule has 2 rings (SSSR count). The first-order chi connectivity index (χ1) is 7.75. The summed E-state index contributed by atoms with van der Waals surface area (Å²) in [6.45, 7) is 2.40. The van der Waals surface area contributed by atoms with Crippen LogP contribution in [0.1, 0.15) is 27.4 Å². The summed E-state index contributed by atoms with van der Waals surface area (Å²) in [6.07, 6.45) is 2.08. The van der Waals surface area contributed by atoms with Crippen LogP contribution in [0.5, 0.6) is 0 Å². The first-order valence-corrected chi connectivity index (χ1v) is 6.20. The van der Waals surface area contributed by atoms with Gasteiger partial charge in [-0.05, 0) is 25.0 Å². The fraction of sp³-hybridized carbons (Fsp3) is 0.545. The molecule has 0 radical (unpaired) electrons. The fourth-order valence-electron chi connectivity index (χ4n) is 1.73. The number of carboxylic acids is 1. The molecule has 0 spiro atoms. The highest BCUT2D eigenvalue weighted by molar-refractivity contribution is 7.13. The lowest BCUT2D eigenvalue weighted by Gasteiger charge is -2.22. The second-order valence-corrected chi connectivity index (χ2v) is 5.01. The normalized spacial score (nSPS) is 17.5. The highest BCUT2D eigenvalue weighted by Crippen LogP contribution is 2.17. The van der Waals surface area contributed by atoms with Crippen LogP contribution in [-0.4, -0.2) is 30.3 Å². The van der Waals surface area contributed by atoms with Crippen LogP contribution in [0.3, 0.4) is 0 Å². The van der Waals surface area contributed by atoms with Crippen LogP contribution in [0.15, 0.2) is 12.1 Å². The molecule has 0 bridgehead atoms. The van der Waals surface area contributed by atoms with E-state index >= 15 is 0 Å². The van der Waals surface area contributed by atoms with E-state index in [4.69, 9.17) is 9.84 Å². The molecule has 0 aliphatic carbocycles. The average Bonchev–Trinajstić information content (AvgIpc) is 2.76. The molecule has 0 unspecified atom stereocenters. The van der Waals surface area contributed by atoms with Gasteiger partial charge in [0.1, 0.15) is 4.88 Å². The highest BCUT2D eigenvalue weighted by atomic mass is 32.1. The van der Waals surface area contributed by atoms with E-state index in [0.29, 0.717) is 10.9 Å². The molecule has 4 nitrogen and oxygen atoms in total. The van der Waals surface area contributed by atoms with E-state index in [1.807, 2.05) is 6.07 Å². The summed E-state index contributed by atoms with van der Waals surface area (Å²) >= 11 is 1.34. The lowest BCUT2D eigenvalue weighted by molar-refractivity contribution is 0.0702. The minimum Gasteiger partial charge on any atom is -0.477 e. The fourth-order valence-corrected chi connectivity index (χ4v) is 2.53. The van der Waals surface area contributed by atoms with Gasteiger partial charge in [-0.2, -0.15) is 0 Å². The van der Waals surface area contributed by atoms with Crippen molar-refractivity contribution < 1.29 is 14.6 Å². The molecule has 1 fully saturated rings. The average molecular weight is 241 g/mol. The van der Waals surface area contributed by atoms with Crippen molar-refractivity contribution in [1.29, 1.82) is 0 Å². The van der Waals surface area contributed by atoms with Crippen LogP contribution in [0.2, 0.25) is 0 Å². The first-order valence-electron chi connectivity index (χ1n) is 5.39. The van der Waals surface area contributed by atoms with Crippen LogP contribution >= 0.6 is 11.3 Å². The Balaban J connectivity index is 1.81. The molecular formula is C11H15NO3S. The zero-order valence-corrected chi connectivity index (χ0v) is 9.76. The second kappa shape index (κ2) is 5.43. The number of thiophene rings is 1. The maximum Gasteiger partial charge on any atom is 0.345 e. The number of ether oxygens (including phenoxy) is 1. The number of carboxylic acid groups (broad SMARTS) is 1. The van der Waals surface area contributed by atoms with Crippen molar-refractivity contribution in [2.75, 3.05) is 13.2 Å². The van der Waals surface area contributed by atoms with E-state index in [1.165, 1.54) is 11.3 Å². The third-order valence-corrected chi connectivity index (χ3v) is 3.73. The summed E-state index contributed by atoms with van der Waals surface area (Å²) in [5.41, 5.74) is 0. The van der Waals surface area contributed by atoms with E-state index in [2.05, 4.69) is 5.32 Å². The Hall–Kier alpha value is -0.910. The Bertz CT molecular complexity index is 358. The monoisotopic (exact) mass is 241 g/mol. The van der Waals surface area contributed by atoms with E-state index in [1.54, 1.807) is 6.07 Å². The van der Waals surface area contributed by atoms with Crippen LogP contribution in [-0.2, 0) is 11.3 Å². The standard InChI is InChI=1S/C11H15NO3S/c13-11(14)10-2-1-9(16-10)7-12-8-3-5-15-6-4-8/h1-2,8,12H,3-7H2,(H,13,14). The van der Waals surface area contributed by atoms with Gasteiger partial charge < -0.3 is 15.2 Å². The van der Waals surface area contributed by atoms with Crippen molar-refractivity contribution in [2.24, 2.45) is 0 Å². The Morgan fingerprint density at radius 1 is 1.50 bits per heavy atom. The molecule has 88 valence electrons. The van der Waals surface area contributed by atoms with Crippen molar-refractivity contribution >= 4 is 17.3 Å². The molecule has 1 aromatic heterocycles. The zero-order valence-electron chi connectivity index (χ0n) is 8.94. The van der Waals surface area contributed by atoms with Crippen molar-refractivity contribution in [3.8, 4) is 0 Å². The summed E-state index contributed by atoms with van der Waals surface area (Å²) in [6, 6.07) is 4.04. The summed E-state index contributed by atoms with van der Waals surface area (Å²) in [5.74, 6) is -0.845. The predicted molar refractivity (Wildman–Crippen MR) is 62.0 cm³/mol. The lowest BCUT2D eigenvalue weighted by atomic mass is 10.1. The number of hydrogen-bond acceptors (Lipinski definition) is 4. The Morgan fingerprint density at radius 2 is 2.25 bits per heavy atom. The molecule has 0 atom stereocenters. The molecule has 16 heavy (non-hydrogen) atoms. The number of aromatic carboxylic acids is 1. The molecule has 1 saturated heterocycles. The summed E-state index contributed by atoms with van der Waals surface area (Å²) in [4.78, 5) is 12.2. The molecule has 5 heteroatoms. The molecule has 1 aliphatic rings. The van der Waals surface area contributed by atoms with Crippen molar-refractivity contribution in [1.82, 2.24) is 5.32 Å². The van der Waals surface area contributed by atoms with Gasteiger partial charge in [-0.15, -0.1) is 11.3 Å². The van der Waals surface area contributed by atoms with Gasteiger partial charge in [-0.3, -0.25) is 0 Å². The lowest BCUT2D eigenvalue weighted by Crippen LogP contribution is -2.34. The summed E-state index contributed by atoms with van der Waals surface area (Å²) < 4.78 is 5.27. The van der Waals surface area contributed by atoms with Crippen LogP contribution in [0.4, 0.5) is 0 Å². The summed E-state index contributed by atoms with van der Waals surface area (Å²) in [7, 11) is 0. The van der Waals surface area contributed by atoms with Crippen molar-refractivity contribution in [2.45, 2.75) is 25.4 Å². The maximum atomic E-state index is 10.7. The number of carbonyl (C=O) groups is 1. The SMILES string of the molecule is O=C(O)c1ccc(CNC2CCOCC2)s1. The molecule has 1 aromatic rings. The Morgan fingerprint density at radius 3 is 2.88 bits per heavy atom. The largest absolute Gasteiger partial charge is 0.477 e. The maximum absolute atomic E-state index is 10.7. The molecular weight excluding hydrogens is 226 g/mol. The first kappa shape index (κ1) is 11.6. The minimum atomic E-state index is -0.845. The Labute approximate surface area is 98.2 Å². The molecule has 2 heterocycles. The van der Waals surface area contributed by atoms with E-state index in [0.717, 1.165) is 37.5 Å². The van der Waals surface area contributed by atoms with Crippen molar-refractivity contribution in [3.63, 3.8) is 0 Å². The third-order valence-electron chi connectivity index (χ3n) is 2.66. The van der Waals surface area contributed by atoms with Gasteiger partial charge in [-0.25, -0.2) is 4.79 Å². The van der Waals surface area contributed by atoms with Crippen LogP contribution in [0, 0.1) is 0 Å². The van der Waals surface area contributed by atoms with Crippen LogP contribution < -0.4 is 5.32 Å². The zero-order chi connectivity index (χ0) is 11.4. The highest BCUT2D eigenvalue weighted by Gasteiger charge is 2.13. The van der Waals surface area contributed by atoms with Gasteiger partial charge in [0, 0.05) is 30.7 Å². The van der Waals surface area contributed by atoms with E-state index < -0.39 is 5.97 Å². The van der Waals surface area contributed by atoms with E-state index in [9.17, 15) is 4.79 Å². The van der Waals surface area contributed by atoms with Gasteiger partial charge in [0.05, 0.1) is 0 Å². The molecule has 0 saturated carbocycles. The van der Waals surface area contributed by atoms with Crippen LogP contribution in [0.25, 0.3) is 0 Å². The minimum absolute atomic E-state index is 0.406. The number of hydrogen-bond donors (Lipinski definition) is 2. The molecule has 0 aromatic carbocycles. The van der Waals surface area contributed by atoms with Gasteiger partial charge >= 0.3 is 5.97 Å². The molecule has 1 aliphatic heterocycles. The second-order valence-electron chi connectivity index (χ2n) is 3.84. The van der Waals surface area contributed by atoms with Gasteiger partial charge in [-0.1, -0.05) is 0 Å². The molecule has 2 N–H and O–H groups in total. The third kappa shape index (κ3) is 3.04. The number of nitrogens with one attached hydrogen (secondary N) is 1. The van der Waals surface area contributed by atoms with Gasteiger partial charge in [0.2, 0.25) is 0 Å². The van der Waals surface area contributed by atoms with Crippen molar-refractivity contribution in [3.05, 3.63) is 21.9 Å². The summed E-state index contributed by atoms with van der Waals surface area (Å²) in [5, 5.41) is 12.2. The quantitative estimate of drug-likeness (QED) is 0.842. The predicted octanol–water partition coefficient (Wildman–Crippen LogP) is 1.71. The van der Waals surface area contributed by atoms with Gasteiger partial charge in [0.15, 0.2) is 0 Å². The van der Waals surface area contributed by atoms with Gasteiger partial charge in [0.25, 0.3) is 0 Å². The Kier molecular flexibility index (Phi) is 3.93. The topological polar surface area (TPSA) is 58.6 Å². The molecule has 0 amide bonds.